The van der Waals surface area contributed by atoms with Gasteiger partial charge in [0.1, 0.15) is 17.1 Å². The summed E-state index contributed by atoms with van der Waals surface area (Å²) in [6, 6.07) is 27.3. The third kappa shape index (κ3) is 7.75. The molecule has 8 rings (SSSR count). The molecule has 296 valence electrons. The Morgan fingerprint density at radius 3 is 2.07 bits per heavy atom. The zero-order valence-electron chi connectivity index (χ0n) is 30.1. The fraction of sp³-hybridized carbons (Fsp3) is 0.256. The largest absolute Gasteiger partial charge is 0.477 e. The van der Waals surface area contributed by atoms with Crippen molar-refractivity contribution < 1.29 is 29.1 Å². The fourth-order valence-electron chi connectivity index (χ4n) is 7.70. The first kappa shape index (κ1) is 41.4. The van der Waals surface area contributed by atoms with E-state index in [0.29, 0.717) is 18.7 Å². The van der Waals surface area contributed by atoms with Crippen molar-refractivity contribution in [2.24, 2.45) is 11.1 Å². The number of fused-ring (bicyclic) bond motifs is 1. The summed E-state index contributed by atoms with van der Waals surface area (Å²) in [5.41, 5.74) is 8.77. The number of carboxylic acid groups (broad SMARTS) is 1. The summed E-state index contributed by atoms with van der Waals surface area (Å²) in [6.45, 7) is 1.72. The van der Waals surface area contributed by atoms with Crippen LogP contribution in [0.15, 0.2) is 119 Å². The lowest BCUT2D eigenvalue weighted by Crippen LogP contribution is -2.71. The molecule has 4 aromatic rings. The number of hydrogen-bond acceptors (Lipinski definition) is 12. The van der Waals surface area contributed by atoms with E-state index in [0.717, 1.165) is 52.3 Å². The van der Waals surface area contributed by atoms with Crippen LogP contribution in [0.5, 0.6) is 0 Å². The number of hydrogen-bond donors (Lipinski definition) is 5. The van der Waals surface area contributed by atoms with E-state index in [9.17, 15) is 24.3 Å². The topological polar surface area (TPSA) is 201 Å². The van der Waals surface area contributed by atoms with Crippen molar-refractivity contribution in [3.63, 3.8) is 0 Å². The van der Waals surface area contributed by atoms with E-state index in [4.69, 9.17) is 10.6 Å². The number of amides is 3. The van der Waals surface area contributed by atoms with Crippen molar-refractivity contribution in [1.29, 1.82) is 0 Å². The minimum Gasteiger partial charge on any atom is -0.477 e. The molecular formula is C39H38Cl2N8O6S2. The first-order valence-electron chi connectivity index (χ1n) is 17.7. The van der Waals surface area contributed by atoms with Crippen LogP contribution < -0.4 is 21.7 Å². The number of nitrogens with two attached hydrogens (primary N) is 1. The average Bonchev–Trinajstić information content (AvgIpc) is 4.00. The van der Waals surface area contributed by atoms with Gasteiger partial charge in [-0.1, -0.05) is 102 Å². The highest BCUT2D eigenvalue weighted by atomic mass is 35.5. The maximum atomic E-state index is 14.3. The number of nitrogens with one attached hydrogen (secondary N) is 3. The van der Waals surface area contributed by atoms with Crippen LogP contribution in [0.25, 0.3) is 0 Å². The van der Waals surface area contributed by atoms with Crippen LogP contribution in [0, 0.1) is 5.92 Å². The molecular weight excluding hydrogens is 812 g/mol. The number of thioether (sulfide) groups is 1. The predicted molar refractivity (Wildman–Crippen MR) is 221 cm³/mol. The minimum atomic E-state index is -1.34. The normalized spacial score (nSPS) is 21.4. The number of oxime groups is 1. The summed E-state index contributed by atoms with van der Waals surface area (Å²) in [7, 11) is 0. The Balaban J connectivity index is 0.00000275. The predicted octanol–water partition coefficient (Wildman–Crippen LogP) is 3.84. The Labute approximate surface area is 348 Å². The molecule has 0 radical (unpaired) electrons. The molecule has 3 fully saturated rings. The average molecular weight is 850 g/mol. The van der Waals surface area contributed by atoms with Crippen molar-refractivity contribution in [2.45, 2.75) is 29.9 Å². The Kier molecular flexibility index (Phi) is 12.7. The standard InChI is InChI=1S/C39H36N8O6S2.2ClH/c40-38-44-33(46-55-38)30(45-53-39(24-10-4-1-5-11-24,25-12-6-2-7-13-25)26-14-8-3-9-15-26)34(49)43-31-35(50)47-32(37(51)52)27(21-54-36(31)47)29(22-16-17-41-19-22)23-18-28(48)42-20-23;;/h1-15,23,31,36,41H,16-21H2,(H,42,48)(H,43,49)(H,51,52)(H2,40,44,46);2*1H/b29-22+,45-30-;;/t23?,31-,36-;;/m1../s1. The molecule has 3 aromatic carbocycles. The van der Waals surface area contributed by atoms with Crippen molar-refractivity contribution in [2.75, 3.05) is 31.1 Å². The number of halogens is 2. The van der Waals surface area contributed by atoms with Gasteiger partial charge in [-0.15, -0.1) is 36.6 Å². The third-order valence-corrected chi connectivity index (χ3v) is 12.0. The number of carbonyl (C=O) groups excluding carboxylic acids is 3. The molecule has 18 heteroatoms. The van der Waals surface area contributed by atoms with Gasteiger partial charge in [0.25, 0.3) is 11.8 Å². The molecule has 6 N–H and O–H groups in total. The fourth-order valence-corrected chi connectivity index (χ4v) is 9.49. The second-order valence-electron chi connectivity index (χ2n) is 13.4. The van der Waals surface area contributed by atoms with Crippen LogP contribution in [0.1, 0.15) is 35.4 Å². The molecule has 0 aliphatic carbocycles. The summed E-state index contributed by atoms with van der Waals surface area (Å²) in [4.78, 5) is 65.4. The molecule has 3 saturated heterocycles. The van der Waals surface area contributed by atoms with E-state index in [-0.39, 0.29) is 71.2 Å². The number of aromatic nitrogens is 2. The number of carboxylic acids is 1. The van der Waals surface area contributed by atoms with Gasteiger partial charge >= 0.3 is 5.97 Å². The highest BCUT2D eigenvalue weighted by molar-refractivity contribution is 8.00. The molecule has 1 unspecified atom stereocenters. The van der Waals surface area contributed by atoms with Gasteiger partial charge in [-0.2, -0.15) is 9.36 Å². The number of benzene rings is 3. The van der Waals surface area contributed by atoms with Crippen LogP contribution in [-0.4, -0.2) is 85.6 Å². The Hall–Kier alpha value is -5.26. The summed E-state index contributed by atoms with van der Waals surface area (Å²) in [6.07, 6.45) is 0.964. The molecule has 57 heavy (non-hydrogen) atoms. The Bertz CT molecular complexity index is 2150. The molecule has 4 aliphatic heterocycles. The Morgan fingerprint density at radius 1 is 0.965 bits per heavy atom. The number of nitrogens with zero attached hydrogens (tertiary/aromatic N) is 4. The van der Waals surface area contributed by atoms with Crippen LogP contribution in [-0.2, 0) is 29.6 Å². The van der Waals surface area contributed by atoms with Gasteiger partial charge in [-0.3, -0.25) is 19.3 Å². The van der Waals surface area contributed by atoms with Crippen LogP contribution in [0.3, 0.4) is 0 Å². The second-order valence-corrected chi connectivity index (χ2v) is 15.3. The van der Waals surface area contributed by atoms with E-state index in [1.807, 2.05) is 91.0 Å². The molecule has 0 spiro atoms. The van der Waals surface area contributed by atoms with E-state index in [1.165, 1.54) is 16.7 Å². The third-order valence-electron chi connectivity index (χ3n) is 10.2. The SMILES string of the molecule is Cl.Cl.Nc1nc(/C(=N/OC(c2ccccc2)(c2ccccc2)c2ccccc2)C(=O)N[C@@H]2C(=O)N3C(C(=O)O)=C(/C(=C4\CCNC4)C4CNC(=O)C4)CS[C@H]23)ns1. The van der Waals surface area contributed by atoms with E-state index >= 15 is 0 Å². The smallest absolute Gasteiger partial charge is 0.352 e. The molecule has 1 aromatic heterocycles. The first-order chi connectivity index (χ1) is 26.8. The van der Waals surface area contributed by atoms with E-state index < -0.39 is 34.8 Å². The number of β-lactam (4-membered cyclic amide) rings is 1. The summed E-state index contributed by atoms with van der Waals surface area (Å²) in [5, 5.41) is 23.3. The first-order valence-corrected chi connectivity index (χ1v) is 19.5. The number of rotatable bonds is 11. The number of carbonyl (C=O) groups is 4. The Morgan fingerprint density at radius 2 is 1.58 bits per heavy atom. The van der Waals surface area contributed by atoms with Crippen LogP contribution >= 0.6 is 48.1 Å². The quantitative estimate of drug-likeness (QED) is 0.0636. The van der Waals surface area contributed by atoms with Gasteiger partial charge in [-0.05, 0) is 24.1 Å². The lowest BCUT2D eigenvalue weighted by molar-refractivity contribution is -0.150. The summed E-state index contributed by atoms with van der Waals surface area (Å²) < 4.78 is 4.26. The van der Waals surface area contributed by atoms with Gasteiger partial charge in [-0.25, -0.2) is 4.79 Å². The zero-order valence-corrected chi connectivity index (χ0v) is 33.4. The maximum absolute atomic E-state index is 14.3. The summed E-state index contributed by atoms with van der Waals surface area (Å²) in [5.74, 6) is -2.78. The van der Waals surface area contributed by atoms with E-state index in [2.05, 4.69) is 30.5 Å². The second kappa shape index (κ2) is 17.5. The lowest BCUT2D eigenvalue weighted by atomic mass is 9.80. The maximum Gasteiger partial charge on any atom is 0.352 e. The molecule has 4 aliphatic rings. The summed E-state index contributed by atoms with van der Waals surface area (Å²) >= 11 is 2.23. The van der Waals surface area contributed by atoms with Crippen molar-refractivity contribution in [3.05, 3.63) is 136 Å². The highest BCUT2D eigenvalue weighted by Crippen LogP contribution is 2.46. The molecule has 3 amide bonds. The zero-order chi connectivity index (χ0) is 38.1. The van der Waals surface area contributed by atoms with E-state index in [1.54, 1.807) is 0 Å². The molecule has 0 bridgehead atoms. The monoisotopic (exact) mass is 848 g/mol. The molecule has 3 atom stereocenters. The van der Waals surface area contributed by atoms with Crippen molar-refractivity contribution >= 4 is 82.6 Å². The number of aliphatic carboxylic acids is 1. The highest BCUT2D eigenvalue weighted by Gasteiger charge is 2.55. The minimum absolute atomic E-state index is 0. The van der Waals surface area contributed by atoms with Gasteiger partial charge < -0.3 is 31.6 Å². The van der Waals surface area contributed by atoms with Gasteiger partial charge in [0.05, 0.1) is 0 Å². The van der Waals surface area contributed by atoms with Gasteiger partial charge in [0.15, 0.2) is 5.13 Å². The number of anilines is 1. The van der Waals surface area contributed by atoms with Gasteiger partial charge in [0, 0.05) is 59.4 Å². The van der Waals surface area contributed by atoms with Crippen molar-refractivity contribution in [1.82, 2.24) is 30.2 Å². The molecule has 14 nitrogen and oxygen atoms in total. The van der Waals surface area contributed by atoms with Crippen LogP contribution in [0.2, 0.25) is 0 Å². The van der Waals surface area contributed by atoms with Gasteiger partial charge in [0.2, 0.25) is 23.0 Å². The molecule has 5 heterocycles. The van der Waals surface area contributed by atoms with Crippen LogP contribution in [0.4, 0.5) is 5.13 Å². The van der Waals surface area contributed by atoms with Crippen molar-refractivity contribution in [3.8, 4) is 0 Å². The lowest BCUT2D eigenvalue weighted by Gasteiger charge is -2.50. The molecule has 0 saturated carbocycles. The number of nitrogen functional groups attached to an aromatic ring is 1.